The first-order valence-corrected chi connectivity index (χ1v) is 9.22. The maximum absolute atomic E-state index is 12.2. The normalized spacial score (nSPS) is 12.1. The molecule has 0 aliphatic carbocycles. The van der Waals surface area contributed by atoms with E-state index >= 15 is 0 Å². The molecule has 0 fully saturated rings. The van der Waals surface area contributed by atoms with Gasteiger partial charge in [0.25, 0.3) is 0 Å². The Morgan fingerprint density at radius 1 is 1.22 bits per heavy atom. The summed E-state index contributed by atoms with van der Waals surface area (Å²) in [5, 5.41) is 8.01. The third-order valence-corrected chi connectivity index (χ3v) is 5.51. The van der Waals surface area contributed by atoms with Gasteiger partial charge in [-0.15, -0.1) is 22.7 Å². The van der Waals surface area contributed by atoms with Crippen LogP contribution in [0.1, 0.15) is 29.8 Å². The van der Waals surface area contributed by atoms with Crippen molar-refractivity contribution in [3.63, 3.8) is 0 Å². The quantitative estimate of drug-likeness (QED) is 0.736. The Morgan fingerprint density at radius 3 is 2.70 bits per heavy atom. The number of rotatable bonds is 5. The zero-order chi connectivity index (χ0) is 16.2. The summed E-state index contributed by atoms with van der Waals surface area (Å²) in [6.07, 6.45) is 0.318. The molecule has 3 nitrogen and oxygen atoms in total. The fraction of sp³-hybridized carbons (Fsp3) is 0.222. The van der Waals surface area contributed by atoms with Gasteiger partial charge in [-0.3, -0.25) is 4.79 Å². The fourth-order valence-electron chi connectivity index (χ4n) is 2.30. The van der Waals surface area contributed by atoms with Gasteiger partial charge in [0, 0.05) is 5.38 Å². The molecule has 1 amide bonds. The van der Waals surface area contributed by atoms with Crippen molar-refractivity contribution in [1.29, 1.82) is 0 Å². The lowest BCUT2D eigenvalue weighted by Gasteiger charge is -2.14. The van der Waals surface area contributed by atoms with Gasteiger partial charge in [0.2, 0.25) is 5.91 Å². The molecular weight excluding hydrogens is 324 g/mol. The van der Waals surface area contributed by atoms with Crippen molar-refractivity contribution in [1.82, 2.24) is 10.3 Å². The molecule has 3 aromatic rings. The lowest BCUT2D eigenvalue weighted by molar-refractivity contribution is -0.121. The molecule has 2 aromatic heterocycles. The largest absolute Gasteiger partial charge is 0.349 e. The SMILES string of the molecule is Cc1ccc(C(C)NC(=O)Cc2csc(-c3cccs3)n2)cc1. The van der Waals surface area contributed by atoms with E-state index < -0.39 is 0 Å². The smallest absolute Gasteiger partial charge is 0.226 e. The lowest BCUT2D eigenvalue weighted by Crippen LogP contribution is -2.28. The average molecular weight is 342 g/mol. The van der Waals surface area contributed by atoms with Gasteiger partial charge in [-0.1, -0.05) is 35.9 Å². The van der Waals surface area contributed by atoms with Crippen LogP contribution in [0.4, 0.5) is 0 Å². The molecule has 0 radical (unpaired) electrons. The van der Waals surface area contributed by atoms with Gasteiger partial charge in [0.15, 0.2) is 0 Å². The number of carbonyl (C=O) groups is 1. The highest BCUT2D eigenvalue weighted by Crippen LogP contribution is 2.27. The summed E-state index contributed by atoms with van der Waals surface area (Å²) in [5.74, 6) is 0.00102. The summed E-state index contributed by atoms with van der Waals surface area (Å²) >= 11 is 3.25. The summed E-state index contributed by atoms with van der Waals surface area (Å²) in [6.45, 7) is 4.06. The van der Waals surface area contributed by atoms with Gasteiger partial charge in [-0.2, -0.15) is 0 Å². The zero-order valence-electron chi connectivity index (χ0n) is 13.1. The third kappa shape index (κ3) is 4.06. The van der Waals surface area contributed by atoms with Crippen molar-refractivity contribution in [3.05, 3.63) is 64.0 Å². The summed E-state index contributed by atoms with van der Waals surface area (Å²) in [6, 6.07) is 12.3. The summed E-state index contributed by atoms with van der Waals surface area (Å²) in [7, 11) is 0. The highest BCUT2D eigenvalue weighted by Gasteiger charge is 2.12. The molecule has 0 saturated heterocycles. The first-order valence-electron chi connectivity index (χ1n) is 7.46. The van der Waals surface area contributed by atoms with Crippen LogP contribution in [0, 0.1) is 6.92 Å². The van der Waals surface area contributed by atoms with Crippen molar-refractivity contribution in [2.24, 2.45) is 0 Å². The standard InChI is InChI=1S/C18H18N2OS2/c1-12-5-7-14(8-6-12)13(2)19-17(21)10-15-11-23-18(20-15)16-4-3-9-22-16/h3-9,11,13H,10H2,1-2H3,(H,19,21). The maximum Gasteiger partial charge on any atom is 0.226 e. The average Bonchev–Trinajstić information content (AvgIpc) is 3.18. The molecule has 23 heavy (non-hydrogen) atoms. The van der Waals surface area contributed by atoms with Gasteiger partial charge >= 0.3 is 0 Å². The Bertz CT molecular complexity index is 776. The van der Waals surface area contributed by atoms with Gasteiger partial charge in [0.1, 0.15) is 5.01 Å². The van der Waals surface area contributed by atoms with Crippen molar-refractivity contribution in [3.8, 4) is 9.88 Å². The Labute approximate surface area is 144 Å². The van der Waals surface area contributed by atoms with Crippen LogP contribution in [0.25, 0.3) is 9.88 Å². The van der Waals surface area contributed by atoms with Gasteiger partial charge in [-0.25, -0.2) is 4.98 Å². The number of amides is 1. The monoisotopic (exact) mass is 342 g/mol. The van der Waals surface area contributed by atoms with Crippen LogP contribution in [0.2, 0.25) is 0 Å². The third-order valence-electron chi connectivity index (χ3n) is 3.58. The number of benzene rings is 1. The highest BCUT2D eigenvalue weighted by molar-refractivity contribution is 7.20. The van der Waals surface area contributed by atoms with E-state index in [1.165, 1.54) is 5.56 Å². The Hall–Kier alpha value is -1.98. The van der Waals surface area contributed by atoms with E-state index in [1.54, 1.807) is 22.7 Å². The topological polar surface area (TPSA) is 42.0 Å². The van der Waals surface area contributed by atoms with E-state index in [9.17, 15) is 4.79 Å². The molecule has 0 saturated carbocycles. The fourth-order valence-corrected chi connectivity index (χ4v) is 3.93. The number of hydrogen-bond donors (Lipinski definition) is 1. The molecule has 1 atom stereocenters. The Kier molecular flexibility index (Phi) is 4.88. The number of nitrogens with zero attached hydrogens (tertiary/aromatic N) is 1. The van der Waals surface area contributed by atoms with Gasteiger partial charge in [0.05, 0.1) is 23.0 Å². The zero-order valence-corrected chi connectivity index (χ0v) is 14.7. The van der Waals surface area contributed by atoms with Crippen LogP contribution in [0.3, 0.4) is 0 Å². The first kappa shape index (κ1) is 15.9. The molecule has 0 bridgehead atoms. The van der Waals surface area contributed by atoms with Crippen LogP contribution < -0.4 is 5.32 Å². The number of aryl methyl sites for hydroxylation is 1. The van der Waals surface area contributed by atoms with Crippen molar-refractivity contribution in [2.75, 3.05) is 0 Å². The van der Waals surface area contributed by atoms with Crippen LogP contribution in [0.15, 0.2) is 47.2 Å². The molecule has 1 aromatic carbocycles. The van der Waals surface area contributed by atoms with Crippen LogP contribution >= 0.6 is 22.7 Å². The minimum Gasteiger partial charge on any atom is -0.349 e. The summed E-state index contributed by atoms with van der Waals surface area (Å²) < 4.78 is 0. The van der Waals surface area contributed by atoms with Crippen LogP contribution in [-0.4, -0.2) is 10.9 Å². The van der Waals surface area contributed by atoms with Crippen LogP contribution in [-0.2, 0) is 11.2 Å². The van der Waals surface area contributed by atoms with E-state index in [4.69, 9.17) is 0 Å². The van der Waals surface area contributed by atoms with E-state index in [-0.39, 0.29) is 11.9 Å². The molecular formula is C18H18N2OS2. The molecule has 2 heterocycles. The molecule has 1 N–H and O–H groups in total. The van der Waals surface area contributed by atoms with E-state index in [0.717, 1.165) is 21.1 Å². The lowest BCUT2D eigenvalue weighted by atomic mass is 10.1. The van der Waals surface area contributed by atoms with E-state index in [2.05, 4.69) is 41.5 Å². The second-order valence-electron chi connectivity index (χ2n) is 5.50. The predicted octanol–water partition coefficient (Wildman–Crippen LogP) is 4.60. The highest BCUT2D eigenvalue weighted by atomic mass is 32.1. The number of aromatic nitrogens is 1. The molecule has 0 spiro atoms. The maximum atomic E-state index is 12.2. The molecule has 3 rings (SSSR count). The van der Waals surface area contributed by atoms with Crippen molar-refractivity contribution < 1.29 is 4.79 Å². The van der Waals surface area contributed by atoms with Crippen molar-refractivity contribution >= 4 is 28.6 Å². The van der Waals surface area contributed by atoms with Crippen molar-refractivity contribution in [2.45, 2.75) is 26.3 Å². The molecule has 1 unspecified atom stereocenters. The Morgan fingerprint density at radius 2 is 2.00 bits per heavy atom. The van der Waals surface area contributed by atoms with Gasteiger partial charge in [-0.05, 0) is 30.9 Å². The molecule has 118 valence electrons. The predicted molar refractivity (Wildman–Crippen MR) is 96.9 cm³/mol. The second-order valence-corrected chi connectivity index (χ2v) is 7.30. The molecule has 0 aliphatic heterocycles. The number of hydrogen-bond acceptors (Lipinski definition) is 4. The number of nitrogens with one attached hydrogen (secondary N) is 1. The first-order chi connectivity index (χ1) is 11.1. The second kappa shape index (κ2) is 7.06. The summed E-state index contributed by atoms with van der Waals surface area (Å²) in [5.41, 5.74) is 3.16. The minimum absolute atomic E-state index is 0.00102. The van der Waals surface area contributed by atoms with E-state index in [1.807, 2.05) is 29.8 Å². The van der Waals surface area contributed by atoms with E-state index in [0.29, 0.717) is 6.42 Å². The molecule has 0 aliphatic rings. The minimum atomic E-state index is -0.00139. The number of carbonyl (C=O) groups excluding carboxylic acids is 1. The number of thiophene rings is 1. The number of thiazole rings is 1. The Balaban J connectivity index is 1.60. The molecule has 5 heteroatoms. The summed E-state index contributed by atoms with van der Waals surface area (Å²) in [4.78, 5) is 17.9. The van der Waals surface area contributed by atoms with Crippen LogP contribution in [0.5, 0.6) is 0 Å². The van der Waals surface area contributed by atoms with Gasteiger partial charge < -0.3 is 5.32 Å².